The molecule has 4 nitrogen and oxygen atoms in total. The first-order valence-corrected chi connectivity index (χ1v) is 7.73. The van der Waals surface area contributed by atoms with Gasteiger partial charge >= 0.3 is 0 Å². The van der Waals surface area contributed by atoms with Gasteiger partial charge in [0.05, 0.1) is 0 Å². The lowest BCUT2D eigenvalue weighted by atomic mass is 10.1. The van der Waals surface area contributed by atoms with Gasteiger partial charge in [0.1, 0.15) is 0 Å². The van der Waals surface area contributed by atoms with Crippen LogP contribution in [-0.4, -0.2) is 11.8 Å². The summed E-state index contributed by atoms with van der Waals surface area (Å²) in [7, 11) is 0. The maximum absolute atomic E-state index is 12.2. The number of anilines is 2. The molecule has 2 amide bonds. The highest BCUT2D eigenvalue weighted by atomic mass is 35.5. The highest BCUT2D eigenvalue weighted by Crippen LogP contribution is 2.20. The Hall–Kier alpha value is -2.33. The van der Waals surface area contributed by atoms with Crippen LogP contribution in [0.3, 0.4) is 0 Å². The largest absolute Gasteiger partial charge is 0.326 e. The average Bonchev–Trinajstić information content (AvgIpc) is 2.51. The second-order valence-corrected chi connectivity index (χ2v) is 6.05. The average molecular weight is 331 g/mol. The Morgan fingerprint density at radius 1 is 0.957 bits per heavy atom. The van der Waals surface area contributed by atoms with E-state index in [1.807, 2.05) is 26.8 Å². The van der Waals surface area contributed by atoms with Crippen molar-refractivity contribution in [3.63, 3.8) is 0 Å². The van der Waals surface area contributed by atoms with E-state index in [9.17, 15) is 9.59 Å². The van der Waals surface area contributed by atoms with Gasteiger partial charge in [-0.05, 0) is 48.9 Å². The minimum absolute atomic E-state index is 0.0588. The second kappa shape index (κ2) is 7.29. The number of amides is 2. The fourth-order valence-electron chi connectivity index (χ4n) is 1.87. The van der Waals surface area contributed by atoms with Crippen molar-refractivity contribution in [1.29, 1.82) is 0 Å². The summed E-state index contributed by atoms with van der Waals surface area (Å²) in [5.74, 6) is -0.382. The molecule has 0 unspecified atom stereocenters. The lowest BCUT2D eigenvalue weighted by Crippen LogP contribution is -2.18. The zero-order valence-corrected chi connectivity index (χ0v) is 14.1. The number of rotatable bonds is 4. The molecule has 0 spiro atoms. The van der Waals surface area contributed by atoms with Gasteiger partial charge in [0.2, 0.25) is 5.91 Å². The number of carbonyl (C=O) groups is 2. The molecule has 0 aromatic heterocycles. The van der Waals surface area contributed by atoms with E-state index in [2.05, 4.69) is 10.6 Å². The second-order valence-electron chi connectivity index (χ2n) is 5.64. The molecule has 0 aliphatic heterocycles. The summed E-state index contributed by atoms with van der Waals surface area (Å²) in [6.07, 6.45) is 0. The van der Waals surface area contributed by atoms with Crippen molar-refractivity contribution in [3.8, 4) is 0 Å². The molecule has 2 aromatic rings. The topological polar surface area (TPSA) is 58.2 Å². The molecule has 0 atom stereocenters. The molecule has 0 saturated heterocycles. The number of hydrogen-bond donors (Lipinski definition) is 2. The van der Waals surface area contributed by atoms with Crippen molar-refractivity contribution in [2.75, 3.05) is 10.6 Å². The molecule has 0 radical (unpaired) electrons. The summed E-state index contributed by atoms with van der Waals surface area (Å²) in [5.41, 5.74) is 2.76. The van der Waals surface area contributed by atoms with Gasteiger partial charge < -0.3 is 10.6 Å². The van der Waals surface area contributed by atoms with E-state index in [0.717, 1.165) is 5.56 Å². The molecule has 0 saturated carbocycles. The van der Waals surface area contributed by atoms with Crippen molar-refractivity contribution in [2.24, 2.45) is 5.92 Å². The number of aryl methyl sites for hydroxylation is 1. The molecular weight excluding hydrogens is 312 g/mol. The van der Waals surface area contributed by atoms with Crippen LogP contribution in [-0.2, 0) is 4.79 Å². The van der Waals surface area contributed by atoms with E-state index >= 15 is 0 Å². The van der Waals surface area contributed by atoms with Gasteiger partial charge in [0, 0.05) is 27.9 Å². The number of nitrogens with one attached hydrogen (secondary N) is 2. The molecule has 23 heavy (non-hydrogen) atoms. The van der Waals surface area contributed by atoms with E-state index in [-0.39, 0.29) is 17.7 Å². The van der Waals surface area contributed by atoms with Crippen LogP contribution in [0.2, 0.25) is 5.02 Å². The molecular formula is C18H19ClN2O2. The molecule has 0 aliphatic rings. The van der Waals surface area contributed by atoms with Gasteiger partial charge in [-0.3, -0.25) is 9.59 Å². The third-order valence-corrected chi connectivity index (χ3v) is 3.78. The van der Waals surface area contributed by atoms with Gasteiger partial charge in [0.25, 0.3) is 5.91 Å². The standard InChI is InChI=1S/C18H19ClN2O2/c1-11(2)17(22)20-14-8-5-13(6-9-14)18(23)21-15-7-4-12(3)16(19)10-15/h4-11H,1-3H3,(H,20,22)(H,21,23). The molecule has 0 heterocycles. The Labute approximate surface area is 140 Å². The van der Waals surface area contributed by atoms with Crippen molar-refractivity contribution in [1.82, 2.24) is 0 Å². The molecule has 2 rings (SSSR count). The molecule has 0 aliphatic carbocycles. The third kappa shape index (κ3) is 4.57. The number of hydrogen-bond acceptors (Lipinski definition) is 2. The van der Waals surface area contributed by atoms with Crippen molar-refractivity contribution < 1.29 is 9.59 Å². The SMILES string of the molecule is Cc1ccc(NC(=O)c2ccc(NC(=O)C(C)C)cc2)cc1Cl. The number of benzene rings is 2. The van der Waals surface area contributed by atoms with Crippen molar-refractivity contribution in [3.05, 3.63) is 58.6 Å². The summed E-state index contributed by atoms with van der Waals surface area (Å²) >= 11 is 6.05. The van der Waals surface area contributed by atoms with Gasteiger partial charge in [-0.1, -0.05) is 31.5 Å². The van der Waals surface area contributed by atoms with E-state index < -0.39 is 0 Å². The maximum atomic E-state index is 12.2. The van der Waals surface area contributed by atoms with Gasteiger partial charge in [0.15, 0.2) is 0 Å². The molecule has 2 aromatic carbocycles. The van der Waals surface area contributed by atoms with E-state index in [1.54, 1.807) is 36.4 Å². The van der Waals surface area contributed by atoms with Crippen molar-refractivity contribution >= 4 is 34.8 Å². The lowest BCUT2D eigenvalue weighted by molar-refractivity contribution is -0.118. The molecule has 2 N–H and O–H groups in total. The van der Waals surface area contributed by atoms with Crippen LogP contribution in [0.5, 0.6) is 0 Å². The Bertz CT molecular complexity index is 724. The minimum Gasteiger partial charge on any atom is -0.326 e. The molecule has 0 bridgehead atoms. The fraction of sp³-hybridized carbons (Fsp3) is 0.222. The molecule has 5 heteroatoms. The van der Waals surface area contributed by atoms with Crippen LogP contribution >= 0.6 is 11.6 Å². The van der Waals surface area contributed by atoms with Gasteiger partial charge in [-0.15, -0.1) is 0 Å². The zero-order valence-electron chi connectivity index (χ0n) is 13.3. The van der Waals surface area contributed by atoms with E-state index in [0.29, 0.717) is 22.0 Å². The third-order valence-electron chi connectivity index (χ3n) is 3.37. The zero-order chi connectivity index (χ0) is 17.0. The van der Waals surface area contributed by atoms with Crippen LogP contribution < -0.4 is 10.6 Å². The highest BCUT2D eigenvalue weighted by molar-refractivity contribution is 6.31. The van der Waals surface area contributed by atoms with E-state index in [1.165, 1.54) is 0 Å². The Morgan fingerprint density at radius 2 is 1.57 bits per heavy atom. The summed E-state index contributed by atoms with van der Waals surface area (Å²) in [4.78, 5) is 23.8. The number of carbonyl (C=O) groups excluding carboxylic acids is 2. The lowest BCUT2D eigenvalue weighted by Gasteiger charge is -2.09. The highest BCUT2D eigenvalue weighted by Gasteiger charge is 2.09. The normalized spacial score (nSPS) is 10.5. The fourth-order valence-corrected chi connectivity index (χ4v) is 2.05. The Kier molecular flexibility index (Phi) is 5.40. The molecule has 0 fully saturated rings. The van der Waals surface area contributed by atoms with Crippen molar-refractivity contribution in [2.45, 2.75) is 20.8 Å². The van der Waals surface area contributed by atoms with Crippen LogP contribution in [0.1, 0.15) is 29.8 Å². The predicted octanol–water partition coefficient (Wildman–Crippen LogP) is 4.50. The first-order valence-electron chi connectivity index (χ1n) is 7.35. The van der Waals surface area contributed by atoms with Crippen LogP contribution in [0.15, 0.2) is 42.5 Å². The predicted molar refractivity (Wildman–Crippen MR) is 94.1 cm³/mol. The van der Waals surface area contributed by atoms with E-state index in [4.69, 9.17) is 11.6 Å². The summed E-state index contributed by atoms with van der Waals surface area (Å²) in [5, 5.41) is 6.18. The minimum atomic E-state index is -0.230. The first-order chi connectivity index (χ1) is 10.9. The van der Waals surface area contributed by atoms with Crippen LogP contribution in [0.25, 0.3) is 0 Å². The van der Waals surface area contributed by atoms with Crippen LogP contribution in [0.4, 0.5) is 11.4 Å². The first kappa shape index (κ1) is 17.0. The monoisotopic (exact) mass is 330 g/mol. The molecule has 120 valence electrons. The van der Waals surface area contributed by atoms with Crippen LogP contribution in [0, 0.1) is 12.8 Å². The summed E-state index contributed by atoms with van der Waals surface area (Å²) in [6.45, 7) is 5.55. The quantitative estimate of drug-likeness (QED) is 0.867. The number of halogens is 1. The maximum Gasteiger partial charge on any atom is 0.255 e. The smallest absolute Gasteiger partial charge is 0.255 e. The van der Waals surface area contributed by atoms with Gasteiger partial charge in [-0.25, -0.2) is 0 Å². The Balaban J connectivity index is 2.05. The van der Waals surface area contributed by atoms with Gasteiger partial charge in [-0.2, -0.15) is 0 Å². The summed E-state index contributed by atoms with van der Waals surface area (Å²) < 4.78 is 0. The summed E-state index contributed by atoms with van der Waals surface area (Å²) in [6, 6.07) is 12.1. The Morgan fingerprint density at radius 3 is 2.13 bits per heavy atom.